The molecule has 6 nitrogen and oxygen atoms in total. The van der Waals surface area contributed by atoms with Crippen LogP contribution in [0.4, 0.5) is 0 Å². The lowest BCUT2D eigenvalue weighted by Crippen LogP contribution is -2.61. The van der Waals surface area contributed by atoms with Gasteiger partial charge < -0.3 is 22.4 Å². The maximum absolute atomic E-state index is 7.82. The van der Waals surface area contributed by atoms with E-state index in [1.807, 2.05) is 18.2 Å². The van der Waals surface area contributed by atoms with E-state index in [0.717, 1.165) is 15.6 Å². The van der Waals surface area contributed by atoms with Crippen LogP contribution in [0.5, 0.6) is 0 Å². The Morgan fingerprint density at radius 3 is 1.52 bits per heavy atom. The molecule has 0 saturated carbocycles. The molecule has 286 valence electrons. The molecule has 50 heavy (non-hydrogen) atoms. The summed E-state index contributed by atoms with van der Waals surface area (Å²) in [5.41, 5.74) is 5.29. The zero-order chi connectivity index (χ0) is 38.1. The maximum Gasteiger partial charge on any atom is 0.263 e. The van der Waals surface area contributed by atoms with E-state index in [9.17, 15) is 0 Å². The summed E-state index contributed by atoms with van der Waals surface area (Å²) in [6, 6.07) is 5.92. The fourth-order valence-electron chi connectivity index (χ4n) is 10.2. The van der Waals surface area contributed by atoms with Crippen molar-refractivity contribution in [3.8, 4) is 0 Å². The molecule has 0 bridgehead atoms. The van der Waals surface area contributed by atoms with Gasteiger partial charge in [-0.25, -0.2) is 4.98 Å². The quantitative estimate of drug-likeness (QED) is 0.148. The molecule has 1 aromatic heterocycles. The molecule has 0 N–H and O–H groups in total. The summed E-state index contributed by atoms with van der Waals surface area (Å²) in [6.07, 6.45) is 1.07. The lowest BCUT2D eigenvalue weighted by Gasteiger charge is -2.52. The third-order valence-electron chi connectivity index (χ3n) is 12.1. The van der Waals surface area contributed by atoms with Gasteiger partial charge in [0.1, 0.15) is 17.7 Å². The van der Waals surface area contributed by atoms with Crippen molar-refractivity contribution in [2.75, 3.05) is 6.61 Å². The van der Waals surface area contributed by atoms with Crippen LogP contribution in [0.2, 0.25) is 49.9 Å². The zero-order valence-corrected chi connectivity index (χ0v) is 39.4. The first-order chi connectivity index (χ1) is 23.1. The number of hydrogen-bond acceptors (Lipinski definition) is 6. The third kappa shape index (κ3) is 8.31. The van der Waals surface area contributed by atoms with Crippen LogP contribution in [0.25, 0.3) is 16.9 Å². The van der Waals surface area contributed by atoms with Gasteiger partial charge in [-0.1, -0.05) is 141 Å². The van der Waals surface area contributed by atoms with Gasteiger partial charge in [-0.15, -0.1) is 0 Å². The summed E-state index contributed by atoms with van der Waals surface area (Å²) in [7, 11) is -7.01. The van der Waals surface area contributed by atoms with Crippen molar-refractivity contribution in [2.24, 2.45) is 0 Å². The van der Waals surface area contributed by atoms with Crippen LogP contribution < -0.4 is 0 Å². The Kier molecular flexibility index (Phi) is 15.0. The predicted molar refractivity (Wildman–Crippen MR) is 223 cm³/mol. The summed E-state index contributed by atoms with van der Waals surface area (Å²) < 4.78 is 37.5. The molecule has 2 heterocycles. The van der Waals surface area contributed by atoms with E-state index in [4.69, 9.17) is 27.4 Å². The molecule has 0 unspecified atom stereocenters. The van der Waals surface area contributed by atoms with E-state index >= 15 is 0 Å². The number of halogens is 1. The van der Waals surface area contributed by atoms with Crippen molar-refractivity contribution < 1.29 is 22.4 Å². The second-order valence-corrected chi connectivity index (χ2v) is 34.9. The van der Waals surface area contributed by atoms with Gasteiger partial charge in [0.25, 0.3) is 5.89 Å². The molecule has 0 radical (unpaired) electrons. The molecule has 10 heteroatoms. The van der Waals surface area contributed by atoms with Crippen molar-refractivity contribution >= 4 is 57.7 Å². The van der Waals surface area contributed by atoms with Crippen LogP contribution in [0.1, 0.15) is 131 Å². The van der Waals surface area contributed by atoms with Crippen LogP contribution in [0.3, 0.4) is 0 Å². The second kappa shape index (κ2) is 17.1. The van der Waals surface area contributed by atoms with E-state index in [2.05, 4.69) is 147 Å². The smallest absolute Gasteiger partial charge is 0.263 e. The molecular weight excluding hydrogens is 739 g/mol. The van der Waals surface area contributed by atoms with Gasteiger partial charge in [0.05, 0.1) is 12.7 Å². The summed E-state index contributed by atoms with van der Waals surface area (Å²) in [4.78, 5) is 4.95. The fourth-order valence-corrected chi connectivity index (χ4v) is 27.1. The molecule has 0 fully saturated rings. The van der Waals surface area contributed by atoms with Crippen molar-refractivity contribution in [1.82, 2.24) is 4.98 Å². The Bertz CT molecular complexity index is 1350. The number of aromatic nitrogens is 1. The minimum absolute atomic E-state index is 0.336. The van der Waals surface area contributed by atoms with Crippen molar-refractivity contribution in [1.29, 1.82) is 0 Å². The molecule has 1 aliphatic rings. The Morgan fingerprint density at radius 2 is 1.08 bits per heavy atom. The molecule has 0 amide bonds. The maximum atomic E-state index is 7.82. The normalized spacial score (nSPS) is 19.9. The number of rotatable bonds is 17. The summed E-state index contributed by atoms with van der Waals surface area (Å²) in [6.45, 7) is 42.8. The number of benzene rings is 1. The zero-order valence-electron chi connectivity index (χ0n) is 34.8. The highest BCUT2D eigenvalue weighted by atomic mass is 79.9. The van der Waals surface area contributed by atoms with Gasteiger partial charge in [-0.3, -0.25) is 0 Å². The second-order valence-electron chi connectivity index (χ2n) is 17.7. The Balaban J connectivity index is 2.35. The number of hydrogen-bond donors (Lipinski definition) is 0. The number of nitrogens with zero attached hydrogens (tertiary/aromatic N) is 1. The number of oxazole rings is 1. The first kappa shape index (κ1) is 43.6. The van der Waals surface area contributed by atoms with Crippen LogP contribution in [0, 0.1) is 0 Å². The van der Waals surface area contributed by atoms with E-state index in [0.29, 0.717) is 68.1 Å². The lowest BCUT2D eigenvalue weighted by atomic mass is 10.0. The Hall–Kier alpha value is -0.759. The van der Waals surface area contributed by atoms with Crippen LogP contribution >= 0.6 is 15.9 Å². The molecule has 0 aliphatic carbocycles. The minimum Gasteiger partial charge on any atom is -0.480 e. The summed E-state index contributed by atoms with van der Waals surface area (Å²) in [5.74, 6) is 1.09. The molecule has 2 aromatic rings. The van der Waals surface area contributed by atoms with Gasteiger partial charge in [-0.2, -0.15) is 0 Å². The molecule has 3 atom stereocenters. The van der Waals surface area contributed by atoms with Gasteiger partial charge in [0, 0.05) is 4.47 Å². The average molecular weight is 811 g/mol. The predicted octanol–water partition coefficient (Wildman–Crippen LogP) is 13.6. The highest BCUT2D eigenvalue weighted by Gasteiger charge is 2.55. The molecule has 0 saturated heterocycles. The molecule has 0 spiro atoms. The SMILES string of the molecule is CC(C)[Si](OC[C@H]1OC(c2nc3cc(Br)ccc3o2)=C[C@@H](O[Si](C(C)C)(C(C)C)C(C)C)[C@@H]1O[Si](C(C)C)(C(C)C)C(C)C)(C(C)C)C(C)C. The molecule has 3 rings (SSSR count). The molecular formula is C40H72BrNO5Si3. The van der Waals surface area contributed by atoms with E-state index < -0.39 is 31.1 Å². The highest BCUT2D eigenvalue weighted by Crippen LogP contribution is 2.49. The highest BCUT2D eigenvalue weighted by molar-refractivity contribution is 9.10. The minimum atomic E-state index is -2.39. The van der Waals surface area contributed by atoms with Crippen molar-refractivity contribution in [3.05, 3.63) is 34.6 Å². The topological polar surface area (TPSA) is 63.0 Å². The van der Waals surface area contributed by atoms with Gasteiger partial charge in [-0.05, 0) is 74.1 Å². The first-order valence-electron chi connectivity index (χ1n) is 19.5. The fraction of sp³-hybridized carbons (Fsp3) is 0.775. The monoisotopic (exact) mass is 809 g/mol. The van der Waals surface area contributed by atoms with Crippen LogP contribution in [-0.2, 0) is 18.0 Å². The van der Waals surface area contributed by atoms with E-state index in [1.165, 1.54) is 0 Å². The molecule has 1 aliphatic heterocycles. The van der Waals surface area contributed by atoms with Crippen LogP contribution in [0.15, 0.2) is 33.2 Å². The summed E-state index contributed by atoms with van der Waals surface area (Å²) >= 11 is 3.61. The van der Waals surface area contributed by atoms with E-state index in [-0.39, 0.29) is 12.2 Å². The van der Waals surface area contributed by atoms with Gasteiger partial charge in [0.15, 0.2) is 11.3 Å². The average Bonchev–Trinajstić information content (AvgIpc) is 3.41. The Labute approximate surface area is 317 Å². The number of fused-ring (bicyclic) bond motifs is 1. The Morgan fingerprint density at radius 1 is 0.640 bits per heavy atom. The standard InChI is InChI=1S/C40H72BrNO5Si3/c1-24(2)48(25(3)4,26(5)6)43-23-38-39(47-50(30(13)14,31(15)16)32(17)18)36(46-49(27(7)8,28(9)10)29(11)12)22-37(44-38)40-42-34-21-33(41)19-20-35(34)45-40/h19-22,24-32,36,38-39H,23H2,1-18H3/t36-,38-,39+/m1/s1. The number of ether oxygens (including phenoxy) is 1. The van der Waals surface area contributed by atoms with E-state index in [1.54, 1.807) is 0 Å². The van der Waals surface area contributed by atoms with Gasteiger partial charge >= 0.3 is 0 Å². The first-order valence-corrected chi connectivity index (χ1v) is 26.7. The van der Waals surface area contributed by atoms with Crippen LogP contribution in [-0.4, -0.2) is 54.9 Å². The van der Waals surface area contributed by atoms with Crippen molar-refractivity contribution in [2.45, 2.75) is 193 Å². The summed E-state index contributed by atoms with van der Waals surface area (Å²) in [5, 5.41) is 0. The van der Waals surface area contributed by atoms with Crippen molar-refractivity contribution in [3.63, 3.8) is 0 Å². The third-order valence-corrected chi connectivity index (χ3v) is 30.9. The molecule has 1 aromatic carbocycles. The van der Waals surface area contributed by atoms with Gasteiger partial charge in [0.2, 0.25) is 25.0 Å². The largest absolute Gasteiger partial charge is 0.480 e. The lowest BCUT2D eigenvalue weighted by molar-refractivity contribution is -0.0630.